The van der Waals surface area contributed by atoms with Crippen LogP contribution in [0.25, 0.3) is 5.69 Å². The Balaban J connectivity index is 1.39. The molecule has 0 N–H and O–H groups in total. The summed E-state index contributed by atoms with van der Waals surface area (Å²) in [6.07, 6.45) is 4.82. The number of hydrogen-bond donors (Lipinski definition) is 0. The number of hydrogen-bond acceptors (Lipinski definition) is 5. The number of aromatic nitrogens is 2. The van der Waals surface area contributed by atoms with Crippen LogP contribution in [0.15, 0.2) is 48.9 Å². The molecule has 1 aliphatic rings. The van der Waals surface area contributed by atoms with Gasteiger partial charge < -0.3 is 9.47 Å². The second kappa shape index (κ2) is 8.32. The number of anilines is 1. The Morgan fingerprint density at radius 1 is 1.14 bits per heavy atom. The normalized spacial score (nSPS) is 14.5. The van der Waals surface area contributed by atoms with Gasteiger partial charge in [-0.3, -0.25) is 9.59 Å². The Morgan fingerprint density at radius 3 is 2.64 bits per heavy atom. The van der Waals surface area contributed by atoms with Crippen molar-refractivity contribution >= 4 is 40.5 Å². The molecule has 0 radical (unpaired) electrons. The molecule has 2 aromatic heterocycles. The second-order valence-corrected chi connectivity index (χ2v) is 9.11. The Kier molecular flexibility index (Phi) is 5.64. The number of Topliss-reactive ketones (excluding diaryl/α,β-unsaturated/α-hetero) is 1. The van der Waals surface area contributed by atoms with Crippen LogP contribution in [0.5, 0.6) is 0 Å². The number of amides is 1. The summed E-state index contributed by atoms with van der Waals surface area (Å²) >= 11 is 3.23. The third-order valence-corrected chi connectivity index (χ3v) is 6.67. The molecule has 3 heterocycles. The van der Waals surface area contributed by atoms with Crippen molar-refractivity contribution in [1.29, 1.82) is 0 Å². The van der Waals surface area contributed by atoms with Crippen molar-refractivity contribution in [2.45, 2.75) is 19.8 Å². The first-order valence-corrected chi connectivity index (χ1v) is 11.2. The first-order valence-electron chi connectivity index (χ1n) is 9.21. The van der Waals surface area contributed by atoms with E-state index in [1.165, 1.54) is 0 Å². The van der Waals surface area contributed by atoms with Crippen LogP contribution < -0.4 is 4.90 Å². The van der Waals surface area contributed by atoms with Gasteiger partial charge in [0.05, 0.1) is 22.7 Å². The second-order valence-electron chi connectivity index (χ2n) is 6.72. The summed E-state index contributed by atoms with van der Waals surface area (Å²) in [6.45, 7) is 2.77. The average molecular weight is 412 g/mol. The lowest BCUT2D eigenvalue weighted by molar-refractivity contribution is -0.116. The lowest BCUT2D eigenvalue weighted by Crippen LogP contribution is -2.38. The molecule has 1 aromatic carbocycles. The molecule has 4 rings (SSSR count). The van der Waals surface area contributed by atoms with Crippen molar-refractivity contribution in [3.63, 3.8) is 0 Å². The first-order chi connectivity index (χ1) is 13.6. The molecular formula is C21H21N3O2S2. The lowest BCUT2D eigenvalue weighted by Gasteiger charge is -2.26. The molecule has 28 heavy (non-hydrogen) atoms. The van der Waals surface area contributed by atoms with Crippen LogP contribution in [0.1, 0.15) is 26.7 Å². The molecule has 7 heteroatoms. The SMILES string of the molecule is Cc1ccc(C(=O)CCc2cn(-c3ccc(N4CCSCC4=O)cc3)cn2)s1. The molecule has 0 atom stereocenters. The minimum absolute atomic E-state index is 0.166. The Morgan fingerprint density at radius 2 is 1.93 bits per heavy atom. The van der Waals surface area contributed by atoms with Gasteiger partial charge >= 0.3 is 0 Å². The molecule has 0 unspecified atom stereocenters. The van der Waals surface area contributed by atoms with Gasteiger partial charge in [-0.1, -0.05) is 0 Å². The van der Waals surface area contributed by atoms with Crippen molar-refractivity contribution in [1.82, 2.24) is 9.55 Å². The predicted octanol–water partition coefficient (Wildman–Crippen LogP) is 4.14. The first kappa shape index (κ1) is 19.0. The van der Waals surface area contributed by atoms with E-state index in [9.17, 15) is 9.59 Å². The van der Waals surface area contributed by atoms with E-state index < -0.39 is 0 Å². The van der Waals surface area contributed by atoms with Crippen LogP contribution in [0, 0.1) is 6.92 Å². The maximum absolute atomic E-state index is 12.3. The fourth-order valence-electron chi connectivity index (χ4n) is 3.18. The highest BCUT2D eigenvalue weighted by molar-refractivity contribution is 8.00. The van der Waals surface area contributed by atoms with Gasteiger partial charge in [-0.05, 0) is 49.7 Å². The average Bonchev–Trinajstić information content (AvgIpc) is 3.36. The van der Waals surface area contributed by atoms with Crippen molar-refractivity contribution in [3.8, 4) is 5.69 Å². The van der Waals surface area contributed by atoms with E-state index in [1.807, 2.05) is 59.0 Å². The molecule has 1 fully saturated rings. The van der Waals surface area contributed by atoms with E-state index in [0.29, 0.717) is 18.6 Å². The fraction of sp³-hybridized carbons (Fsp3) is 0.286. The van der Waals surface area contributed by atoms with E-state index in [4.69, 9.17) is 0 Å². The predicted molar refractivity (Wildman–Crippen MR) is 115 cm³/mol. The number of imidazole rings is 1. The highest BCUT2D eigenvalue weighted by Crippen LogP contribution is 2.22. The van der Waals surface area contributed by atoms with Crippen LogP contribution >= 0.6 is 23.1 Å². The van der Waals surface area contributed by atoms with Gasteiger partial charge in [0.2, 0.25) is 5.91 Å². The van der Waals surface area contributed by atoms with Gasteiger partial charge in [0.15, 0.2) is 5.78 Å². The van der Waals surface area contributed by atoms with Crippen molar-refractivity contribution < 1.29 is 9.59 Å². The zero-order valence-corrected chi connectivity index (χ0v) is 17.3. The summed E-state index contributed by atoms with van der Waals surface area (Å²) < 4.78 is 1.95. The maximum Gasteiger partial charge on any atom is 0.237 e. The van der Waals surface area contributed by atoms with Gasteiger partial charge in [0, 0.05) is 41.2 Å². The summed E-state index contributed by atoms with van der Waals surface area (Å²) in [7, 11) is 0. The van der Waals surface area contributed by atoms with E-state index in [0.717, 1.165) is 39.1 Å². The highest BCUT2D eigenvalue weighted by atomic mass is 32.2. The van der Waals surface area contributed by atoms with Crippen LogP contribution in [-0.2, 0) is 11.2 Å². The van der Waals surface area contributed by atoms with Gasteiger partial charge in [-0.25, -0.2) is 4.98 Å². The number of aryl methyl sites for hydroxylation is 2. The maximum atomic E-state index is 12.3. The monoisotopic (exact) mass is 411 g/mol. The topological polar surface area (TPSA) is 55.2 Å². The number of rotatable bonds is 6. The summed E-state index contributed by atoms with van der Waals surface area (Å²) in [5.41, 5.74) is 2.82. The van der Waals surface area contributed by atoms with Crippen LogP contribution in [0.4, 0.5) is 5.69 Å². The molecule has 0 aliphatic carbocycles. The Bertz CT molecular complexity index is 991. The van der Waals surface area contributed by atoms with Gasteiger partial charge in [-0.15, -0.1) is 11.3 Å². The molecule has 1 aliphatic heterocycles. The summed E-state index contributed by atoms with van der Waals surface area (Å²) in [5.74, 6) is 1.86. The number of thioether (sulfide) groups is 1. The molecule has 0 spiro atoms. The van der Waals surface area contributed by atoms with Crippen molar-refractivity contribution in [3.05, 3.63) is 64.4 Å². The number of thiophene rings is 1. The molecule has 1 amide bonds. The summed E-state index contributed by atoms with van der Waals surface area (Å²) in [4.78, 5) is 32.6. The number of carbonyl (C=O) groups is 2. The number of carbonyl (C=O) groups excluding carboxylic acids is 2. The van der Waals surface area contributed by atoms with Crippen molar-refractivity contribution in [2.24, 2.45) is 0 Å². The number of ketones is 1. The largest absolute Gasteiger partial charge is 0.311 e. The van der Waals surface area contributed by atoms with E-state index in [1.54, 1.807) is 29.4 Å². The molecule has 144 valence electrons. The van der Waals surface area contributed by atoms with E-state index >= 15 is 0 Å². The smallest absolute Gasteiger partial charge is 0.237 e. The highest BCUT2D eigenvalue weighted by Gasteiger charge is 2.19. The minimum atomic E-state index is 0.166. The number of nitrogens with zero attached hydrogens (tertiary/aromatic N) is 3. The fourth-order valence-corrected chi connectivity index (χ4v) is 4.80. The summed E-state index contributed by atoms with van der Waals surface area (Å²) in [5, 5.41) is 0. The molecule has 1 saturated heterocycles. The van der Waals surface area contributed by atoms with Gasteiger partial charge in [0.1, 0.15) is 0 Å². The molecule has 3 aromatic rings. The molecule has 0 saturated carbocycles. The van der Waals surface area contributed by atoms with Gasteiger partial charge in [0.25, 0.3) is 0 Å². The quantitative estimate of drug-likeness (QED) is 0.572. The molecular weight excluding hydrogens is 390 g/mol. The third kappa shape index (κ3) is 4.20. The Labute approximate surface area is 172 Å². The van der Waals surface area contributed by atoms with Crippen LogP contribution in [0.3, 0.4) is 0 Å². The summed E-state index contributed by atoms with van der Waals surface area (Å²) in [6, 6.07) is 11.8. The van der Waals surface area contributed by atoms with E-state index in [-0.39, 0.29) is 11.7 Å². The minimum Gasteiger partial charge on any atom is -0.311 e. The molecule has 5 nitrogen and oxygen atoms in total. The third-order valence-electron chi connectivity index (χ3n) is 4.70. The Hall–Kier alpha value is -2.38. The zero-order chi connectivity index (χ0) is 19.5. The molecule has 0 bridgehead atoms. The van der Waals surface area contributed by atoms with Gasteiger partial charge in [-0.2, -0.15) is 11.8 Å². The number of benzene rings is 1. The van der Waals surface area contributed by atoms with Crippen LogP contribution in [0.2, 0.25) is 0 Å². The zero-order valence-electron chi connectivity index (χ0n) is 15.6. The standard InChI is InChI=1S/C21H21N3O2S2/c1-15-2-9-20(28-15)19(25)8-3-16-12-23(14-22-16)17-4-6-18(7-5-17)24-10-11-27-13-21(24)26/h2,4-7,9,12,14H,3,8,10-11,13H2,1H3. The van der Waals surface area contributed by atoms with Crippen LogP contribution in [-0.4, -0.2) is 39.3 Å². The van der Waals surface area contributed by atoms with E-state index in [2.05, 4.69) is 4.98 Å². The lowest BCUT2D eigenvalue weighted by atomic mass is 10.1. The van der Waals surface area contributed by atoms with Crippen molar-refractivity contribution in [2.75, 3.05) is 23.0 Å².